The van der Waals surface area contributed by atoms with E-state index in [4.69, 9.17) is 5.26 Å². The smallest absolute Gasteiger partial charge is 0.249 e. The van der Waals surface area contributed by atoms with Crippen molar-refractivity contribution in [3.05, 3.63) is 46.2 Å². The van der Waals surface area contributed by atoms with Crippen LogP contribution in [-0.2, 0) is 0 Å². The van der Waals surface area contributed by atoms with Gasteiger partial charge < -0.3 is 4.98 Å². The molecule has 0 unspecified atom stereocenters. The number of hydrogen-bond acceptors (Lipinski definition) is 2. The average molecular weight is 200 g/mol. The normalized spacial score (nSPS) is 8.87. The Balaban J connectivity index is 0.000000531. The van der Waals surface area contributed by atoms with Crippen LogP contribution in [0.5, 0.6) is 0 Å². The molecule has 2 rings (SSSR count). The second kappa shape index (κ2) is 4.97. The summed E-state index contributed by atoms with van der Waals surface area (Å²) in [7, 11) is 0. The van der Waals surface area contributed by atoms with Crippen molar-refractivity contribution in [2.24, 2.45) is 0 Å². The molecule has 1 N–H and O–H groups in total. The Morgan fingerprint density at radius 3 is 2.60 bits per heavy atom. The molecule has 0 aliphatic carbocycles. The molecule has 0 radical (unpaired) electrons. The maximum atomic E-state index is 11.1. The number of H-pyrrole nitrogens is 1. The van der Waals surface area contributed by atoms with E-state index in [1.54, 1.807) is 6.07 Å². The summed E-state index contributed by atoms with van der Waals surface area (Å²) in [6.07, 6.45) is 0. The van der Waals surface area contributed by atoms with Crippen LogP contribution >= 0.6 is 0 Å². The maximum Gasteiger partial charge on any atom is 0.249 e. The van der Waals surface area contributed by atoms with Crippen molar-refractivity contribution in [2.75, 3.05) is 0 Å². The van der Waals surface area contributed by atoms with Crippen LogP contribution in [0.25, 0.3) is 10.9 Å². The molecular weight excluding hydrogens is 188 g/mol. The van der Waals surface area contributed by atoms with Crippen molar-refractivity contribution < 1.29 is 0 Å². The second-order valence-electron chi connectivity index (χ2n) is 2.70. The summed E-state index contributed by atoms with van der Waals surface area (Å²) in [5, 5.41) is 9.54. The van der Waals surface area contributed by atoms with E-state index >= 15 is 0 Å². The Hall–Kier alpha value is -2.08. The predicted molar refractivity (Wildman–Crippen MR) is 60.6 cm³/mol. The number of fused-ring (bicyclic) bond motifs is 1. The third kappa shape index (κ3) is 2.23. The van der Waals surface area contributed by atoms with Crippen molar-refractivity contribution in [1.82, 2.24) is 4.98 Å². The van der Waals surface area contributed by atoms with Crippen LogP contribution in [0.1, 0.15) is 19.4 Å². The molecule has 0 spiro atoms. The van der Waals surface area contributed by atoms with Crippen LogP contribution in [0.2, 0.25) is 0 Å². The summed E-state index contributed by atoms with van der Waals surface area (Å²) >= 11 is 0. The molecular formula is C12H12N2O. The van der Waals surface area contributed by atoms with Crippen molar-refractivity contribution in [2.45, 2.75) is 13.8 Å². The first kappa shape index (κ1) is 11.0. The molecule has 2 aromatic rings. The standard InChI is InChI=1S/C10H6N2O.C2H6/c11-6-7-5-10(13)12-9-4-2-1-3-8(7)9;1-2/h1-5H,(H,12,13);1-2H3. The highest BCUT2D eigenvalue weighted by molar-refractivity contribution is 5.84. The van der Waals surface area contributed by atoms with Gasteiger partial charge in [-0.25, -0.2) is 0 Å². The molecule has 1 heterocycles. The highest BCUT2D eigenvalue weighted by atomic mass is 16.1. The monoisotopic (exact) mass is 200 g/mol. The van der Waals surface area contributed by atoms with Crippen LogP contribution in [0, 0.1) is 11.3 Å². The van der Waals surface area contributed by atoms with Gasteiger partial charge in [0.2, 0.25) is 5.56 Å². The van der Waals surface area contributed by atoms with Gasteiger partial charge in [-0.1, -0.05) is 32.0 Å². The summed E-state index contributed by atoms with van der Waals surface area (Å²) in [6.45, 7) is 4.00. The topological polar surface area (TPSA) is 56.6 Å². The van der Waals surface area contributed by atoms with E-state index in [2.05, 4.69) is 4.98 Å². The van der Waals surface area contributed by atoms with E-state index in [1.165, 1.54) is 6.07 Å². The number of nitrogens with zero attached hydrogens (tertiary/aromatic N) is 1. The van der Waals surface area contributed by atoms with Gasteiger partial charge in [-0.05, 0) is 6.07 Å². The number of hydrogen-bond donors (Lipinski definition) is 1. The van der Waals surface area contributed by atoms with Crippen molar-refractivity contribution in [1.29, 1.82) is 5.26 Å². The SMILES string of the molecule is CC.N#Cc1cc(=O)[nH]c2ccccc12. The quantitative estimate of drug-likeness (QED) is 0.710. The van der Waals surface area contributed by atoms with E-state index in [-0.39, 0.29) is 5.56 Å². The number of benzene rings is 1. The highest BCUT2D eigenvalue weighted by Gasteiger charge is 2.00. The van der Waals surface area contributed by atoms with Crippen LogP contribution in [0.3, 0.4) is 0 Å². The third-order valence-corrected chi connectivity index (χ3v) is 1.87. The molecule has 1 aromatic heterocycles. The largest absolute Gasteiger partial charge is 0.322 e. The van der Waals surface area contributed by atoms with E-state index in [1.807, 2.05) is 38.1 Å². The molecule has 76 valence electrons. The number of pyridine rings is 1. The number of rotatable bonds is 0. The third-order valence-electron chi connectivity index (χ3n) is 1.87. The van der Waals surface area contributed by atoms with E-state index in [9.17, 15) is 4.79 Å². The van der Waals surface area contributed by atoms with Gasteiger partial charge in [0.1, 0.15) is 6.07 Å². The summed E-state index contributed by atoms with van der Waals surface area (Å²) < 4.78 is 0. The van der Waals surface area contributed by atoms with Crippen molar-refractivity contribution in [3.8, 4) is 6.07 Å². The van der Waals surface area contributed by atoms with Crippen LogP contribution < -0.4 is 5.56 Å². The van der Waals surface area contributed by atoms with Crippen LogP contribution in [0.4, 0.5) is 0 Å². The zero-order valence-electron chi connectivity index (χ0n) is 8.74. The Bertz CT molecular complexity index is 549. The lowest BCUT2D eigenvalue weighted by Crippen LogP contribution is -2.04. The lowest BCUT2D eigenvalue weighted by molar-refractivity contribution is 1.29. The zero-order chi connectivity index (χ0) is 11.3. The number of para-hydroxylation sites is 1. The number of aromatic nitrogens is 1. The molecule has 3 nitrogen and oxygen atoms in total. The lowest BCUT2D eigenvalue weighted by Gasteiger charge is -1.97. The predicted octanol–water partition coefficient (Wildman–Crippen LogP) is 2.43. The molecule has 3 heteroatoms. The molecule has 0 bridgehead atoms. The van der Waals surface area contributed by atoms with E-state index in [0.29, 0.717) is 11.1 Å². The van der Waals surface area contributed by atoms with Gasteiger partial charge in [0.25, 0.3) is 0 Å². The molecule has 1 aromatic carbocycles. The van der Waals surface area contributed by atoms with Gasteiger partial charge in [-0.3, -0.25) is 4.79 Å². The lowest BCUT2D eigenvalue weighted by atomic mass is 10.1. The molecule has 0 amide bonds. The average Bonchev–Trinajstić information content (AvgIpc) is 2.30. The first-order valence-corrected chi connectivity index (χ1v) is 4.83. The Morgan fingerprint density at radius 2 is 1.93 bits per heavy atom. The molecule has 0 aliphatic heterocycles. The number of nitrogens with one attached hydrogen (secondary N) is 1. The molecule has 0 saturated heterocycles. The van der Waals surface area contributed by atoms with Crippen molar-refractivity contribution in [3.63, 3.8) is 0 Å². The van der Waals surface area contributed by atoms with Gasteiger partial charge in [-0.15, -0.1) is 0 Å². The van der Waals surface area contributed by atoms with Gasteiger partial charge in [0.05, 0.1) is 5.56 Å². The minimum Gasteiger partial charge on any atom is -0.322 e. The molecule has 0 fully saturated rings. The first-order valence-electron chi connectivity index (χ1n) is 4.83. The molecule has 15 heavy (non-hydrogen) atoms. The fraction of sp³-hybridized carbons (Fsp3) is 0.167. The Morgan fingerprint density at radius 1 is 1.27 bits per heavy atom. The maximum absolute atomic E-state index is 11.1. The number of aromatic amines is 1. The molecule has 0 aliphatic rings. The molecule has 0 saturated carbocycles. The van der Waals surface area contributed by atoms with Crippen LogP contribution in [-0.4, -0.2) is 4.98 Å². The summed E-state index contributed by atoms with van der Waals surface area (Å²) in [6, 6.07) is 10.5. The summed E-state index contributed by atoms with van der Waals surface area (Å²) in [5.74, 6) is 0. The Labute approximate surface area is 88.0 Å². The highest BCUT2D eigenvalue weighted by Crippen LogP contribution is 2.12. The second-order valence-corrected chi connectivity index (χ2v) is 2.70. The van der Waals surface area contributed by atoms with Gasteiger partial charge in [0, 0.05) is 17.0 Å². The fourth-order valence-corrected chi connectivity index (χ4v) is 1.30. The van der Waals surface area contributed by atoms with Gasteiger partial charge in [-0.2, -0.15) is 5.26 Å². The fourth-order valence-electron chi connectivity index (χ4n) is 1.30. The van der Waals surface area contributed by atoms with Gasteiger partial charge in [0.15, 0.2) is 0 Å². The minimum absolute atomic E-state index is 0.241. The summed E-state index contributed by atoms with van der Waals surface area (Å²) in [4.78, 5) is 13.7. The van der Waals surface area contributed by atoms with Crippen molar-refractivity contribution >= 4 is 10.9 Å². The zero-order valence-corrected chi connectivity index (χ0v) is 8.74. The first-order chi connectivity index (χ1) is 7.31. The number of nitriles is 1. The Kier molecular flexibility index (Phi) is 3.64. The van der Waals surface area contributed by atoms with Crippen LogP contribution in [0.15, 0.2) is 35.1 Å². The summed E-state index contributed by atoms with van der Waals surface area (Å²) in [5.41, 5.74) is 0.876. The minimum atomic E-state index is -0.241. The molecule has 0 atom stereocenters. The van der Waals surface area contributed by atoms with E-state index in [0.717, 1.165) is 5.39 Å². The van der Waals surface area contributed by atoms with E-state index < -0.39 is 0 Å². The van der Waals surface area contributed by atoms with Gasteiger partial charge >= 0.3 is 0 Å².